The topological polar surface area (TPSA) is 39.3 Å². The van der Waals surface area contributed by atoms with Crippen molar-refractivity contribution < 1.29 is 17.3 Å². The van der Waals surface area contributed by atoms with Crippen LogP contribution in [0.25, 0.3) is 10.8 Å². The van der Waals surface area contributed by atoms with Crippen LogP contribution >= 0.6 is 34.8 Å². The van der Waals surface area contributed by atoms with Crippen LogP contribution in [-0.4, -0.2) is 29.4 Å². The molecule has 3 aromatic carbocycles. The lowest BCUT2D eigenvalue weighted by Crippen LogP contribution is -3.12. The highest BCUT2D eigenvalue weighted by atomic mass is 35.5. The van der Waals surface area contributed by atoms with Crippen LogP contribution in [0, 0.1) is 0 Å². The molecular weight excluding hydrogens is 548 g/mol. The Kier molecular flexibility index (Phi) is 9.55. The number of halogens is 4. The molecule has 1 N–H and O–H groups in total. The first-order chi connectivity index (χ1) is 17.5. The fraction of sp³-hybridized carbons (Fsp3) is 0.310. The molecule has 4 nitrogen and oxygen atoms in total. The number of hydrogen-bond acceptors (Lipinski definition) is 2. The Hall–Kier alpha value is -2.08. The van der Waals surface area contributed by atoms with Crippen LogP contribution < -0.4 is 22.9 Å². The Morgan fingerprint density at radius 2 is 1.57 bits per heavy atom. The first kappa shape index (κ1) is 27.9. The van der Waals surface area contributed by atoms with Crippen molar-refractivity contribution in [2.24, 2.45) is 0 Å². The summed E-state index contributed by atoms with van der Waals surface area (Å²) < 4.78 is 1.77. The summed E-state index contributed by atoms with van der Waals surface area (Å²) in [6, 6.07) is 21.4. The molecule has 0 radical (unpaired) electrons. The van der Waals surface area contributed by atoms with Crippen molar-refractivity contribution in [2.75, 3.05) is 19.6 Å². The van der Waals surface area contributed by atoms with Crippen LogP contribution in [0.15, 0.2) is 71.5 Å². The van der Waals surface area contributed by atoms with Gasteiger partial charge in [0.25, 0.3) is 5.56 Å². The van der Waals surface area contributed by atoms with Gasteiger partial charge in [0, 0.05) is 39.7 Å². The van der Waals surface area contributed by atoms with Crippen molar-refractivity contribution in [1.29, 1.82) is 0 Å². The van der Waals surface area contributed by atoms with Gasteiger partial charge < -0.3 is 17.3 Å². The molecule has 0 saturated carbocycles. The van der Waals surface area contributed by atoms with E-state index in [1.165, 1.54) is 4.90 Å². The summed E-state index contributed by atoms with van der Waals surface area (Å²) in [6.45, 7) is 3.02. The number of hydrogen-bond donors (Lipinski definition) is 1. The number of quaternary nitrogens is 1. The summed E-state index contributed by atoms with van der Waals surface area (Å²) in [5, 5.41) is 8.78. The molecule has 0 aliphatic carbocycles. The molecule has 37 heavy (non-hydrogen) atoms. The Labute approximate surface area is 238 Å². The van der Waals surface area contributed by atoms with Crippen LogP contribution in [-0.2, 0) is 12.8 Å². The van der Waals surface area contributed by atoms with Gasteiger partial charge in [-0.15, -0.1) is 0 Å². The summed E-state index contributed by atoms with van der Waals surface area (Å²) >= 11 is 18.8. The molecule has 0 bridgehead atoms. The maximum Gasteiger partial charge on any atom is 0.274 e. The van der Waals surface area contributed by atoms with E-state index in [0.717, 1.165) is 83.0 Å². The summed E-state index contributed by atoms with van der Waals surface area (Å²) in [5.74, 6) is 0. The molecule has 2 heterocycles. The number of nitrogens with one attached hydrogen (secondary N) is 1. The van der Waals surface area contributed by atoms with Gasteiger partial charge in [0.1, 0.15) is 0 Å². The highest BCUT2D eigenvalue weighted by molar-refractivity contribution is 6.36. The van der Waals surface area contributed by atoms with Crippen molar-refractivity contribution >= 4 is 45.6 Å². The molecule has 8 heteroatoms. The summed E-state index contributed by atoms with van der Waals surface area (Å²) in [6.07, 6.45) is 4.40. The molecule has 0 spiro atoms. The van der Waals surface area contributed by atoms with Crippen LogP contribution in [0.1, 0.15) is 42.1 Å². The second-order valence-electron chi connectivity index (χ2n) is 9.58. The van der Waals surface area contributed by atoms with Gasteiger partial charge in [0.05, 0.1) is 36.8 Å². The SMILES string of the molecule is O=c1c2ccccc2c(Cc2ccc(Cl)cc2)nn1C1CCC[NH+](CCc2c(Cl)cccc2Cl)CC1.[Cl-]. The van der Waals surface area contributed by atoms with Gasteiger partial charge in [-0.2, -0.15) is 5.10 Å². The maximum absolute atomic E-state index is 13.5. The van der Waals surface area contributed by atoms with E-state index in [9.17, 15) is 4.79 Å². The van der Waals surface area contributed by atoms with E-state index in [-0.39, 0.29) is 24.0 Å². The lowest BCUT2D eigenvalue weighted by Gasteiger charge is -2.20. The molecular formula is C29H29Cl4N3O. The third-order valence-electron chi connectivity index (χ3n) is 7.22. The molecule has 5 rings (SSSR count). The maximum atomic E-state index is 13.5. The monoisotopic (exact) mass is 575 g/mol. The Morgan fingerprint density at radius 3 is 2.30 bits per heavy atom. The van der Waals surface area contributed by atoms with E-state index in [4.69, 9.17) is 39.9 Å². The van der Waals surface area contributed by atoms with Crippen LogP contribution in [0.2, 0.25) is 15.1 Å². The second-order valence-corrected chi connectivity index (χ2v) is 10.8. The van der Waals surface area contributed by atoms with E-state index in [1.807, 2.05) is 66.7 Å². The normalized spacial score (nSPS) is 17.8. The molecule has 1 aliphatic heterocycles. The van der Waals surface area contributed by atoms with E-state index in [0.29, 0.717) is 11.4 Å². The zero-order valence-corrected chi connectivity index (χ0v) is 23.4. The number of likely N-dealkylation sites (tertiary alicyclic amines) is 1. The molecule has 2 atom stereocenters. The predicted octanol–water partition coefficient (Wildman–Crippen LogP) is 2.80. The van der Waals surface area contributed by atoms with Gasteiger partial charge in [-0.1, -0.05) is 71.2 Å². The lowest BCUT2D eigenvalue weighted by atomic mass is 10.0. The number of rotatable bonds is 6. The van der Waals surface area contributed by atoms with E-state index in [2.05, 4.69) is 0 Å². The second kappa shape index (κ2) is 12.6. The zero-order chi connectivity index (χ0) is 25.1. The van der Waals surface area contributed by atoms with Gasteiger partial charge in [-0.05, 0) is 54.3 Å². The molecule has 2 unspecified atom stereocenters. The minimum Gasteiger partial charge on any atom is -1.00 e. The third-order valence-corrected chi connectivity index (χ3v) is 8.18. The van der Waals surface area contributed by atoms with Gasteiger partial charge in [-0.3, -0.25) is 4.79 Å². The number of nitrogens with zero attached hydrogens (tertiary/aromatic N) is 2. The smallest absolute Gasteiger partial charge is 0.274 e. The molecule has 194 valence electrons. The number of aromatic nitrogens is 2. The molecule has 4 aromatic rings. The summed E-state index contributed by atoms with van der Waals surface area (Å²) in [5.41, 5.74) is 3.07. The van der Waals surface area contributed by atoms with Crippen molar-refractivity contribution in [1.82, 2.24) is 9.78 Å². The van der Waals surface area contributed by atoms with Crippen molar-refractivity contribution in [3.05, 3.63) is 109 Å². The molecule has 1 saturated heterocycles. The van der Waals surface area contributed by atoms with Crippen molar-refractivity contribution in [2.45, 2.75) is 38.1 Å². The van der Waals surface area contributed by atoms with Gasteiger partial charge in [0.15, 0.2) is 0 Å². The molecule has 1 aliphatic rings. The Morgan fingerprint density at radius 1 is 0.865 bits per heavy atom. The summed E-state index contributed by atoms with van der Waals surface area (Å²) in [4.78, 5) is 15.0. The molecule has 0 amide bonds. The minimum atomic E-state index is 0. The van der Waals surface area contributed by atoms with Crippen LogP contribution in [0.4, 0.5) is 0 Å². The van der Waals surface area contributed by atoms with E-state index >= 15 is 0 Å². The highest BCUT2D eigenvalue weighted by Crippen LogP contribution is 2.25. The van der Waals surface area contributed by atoms with Crippen LogP contribution in [0.5, 0.6) is 0 Å². The standard InChI is InChI=1S/C29H28Cl3N3O.ClH/c30-21-12-10-20(11-13-21)19-28-23-6-1-2-7-24(23)29(36)35(33-28)22-5-4-16-34(17-14-22)18-15-25-26(31)8-3-9-27(25)32;/h1-3,6-13,22H,4-5,14-19H2;1H. The van der Waals surface area contributed by atoms with Crippen molar-refractivity contribution in [3.63, 3.8) is 0 Å². The number of benzene rings is 3. The minimum absolute atomic E-state index is 0. The number of fused-ring (bicyclic) bond motifs is 1. The molecule has 1 fully saturated rings. The third kappa shape index (κ3) is 6.50. The van der Waals surface area contributed by atoms with Crippen LogP contribution in [0.3, 0.4) is 0 Å². The average molecular weight is 577 g/mol. The average Bonchev–Trinajstić information content (AvgIpc) is 3.12. The molecule has 1 aromatic heterocycles. The Bertz CT molecular complexity index is 1400. The first-order valence-electron chi connectivity index (χ1n) is 12.5. The summed E-state index contributed by atoms with van der Waals surface area (Å²) in [7, 11) is 0. The fourth-order valence-electron chi connectivity index (χ4n) is 5.24. The zero-order valence-electron chi connectivity index (χ0n) is 20.4. The lowest BCUT2D eigenvalue weighted by molar-refractivity contribution is -0.899. The van der Waals surface area contributed by atoms with E-state index in [1.54, 1.807) is 4.68 Å². The van der Waals surface area contributed by atoms with Gasteiger partial charge in [-0.25, -0.2) is 4.68 Å². The quantitative estimate of drug-likeness (QED) is 0.383. The van der Waals surface area contributed by atoms with E-state index < -0.39 is 0 Å². The van der Waals surface area contributed by atoms with Gasteiger partial charge >= 0.3 is 0 Å². The largest absolute Gasteiger partial charge is 1.00 e. The Balaban J connectivity index is 0.00000320. The highest BCUT2D eigenvalue weighted by Gasteiger charge is 2.24. The van der Waals surface area contributed by atoms with Crippen molar-refractivity contribution in [3.8, 4) is 0 Å². The fourth-order valence-corrected chi connectivity index (χ4v) is 5.96. The van der Waals surface area contributed by atoms with Gasteiger partial charge in [0.2, 0.25) is 0 Å². The first-order valence-corrected chi connectivity index (χ1v) is 13.6. The predicted molar refractivity (Wildman–Crippen MR) is 149 cm³/mol.